The molecule has 1 fully saturated rings. The molecule has 1 aromatic rings. The number of aliphatic hydroxyl groups excluding tert-OH is 1. The van der Waals surface area contributed by atoms with Crippen molar-refractivity contribution in [1.82, 2.24) is 9.97 Å². The van der Waals surface area contributed by atoms with Crippen LogP contribution in [0.25, 0.3) is 0 Å². The summed E-state index contributed by atoms with van der Waals surface area (Å²) in [5.74, 6) is 0.711. The second-order valence-electron chi connectivity index (χ2n) is 4.91. The van der Waals surface area contributed by atoms with Gasteiger partial charge >= 0.3 is 0 Å². The Kier molecular flexibility index (Phi) is 4.66. The highest BCUT2D eigenvalue weighted by molar-refractivity contribution is 7.80. The van der Waals surface area contributed by atoms with Crippen molar-refractivity contribution in [3.8, 4) is 0 Å². The van der Waals surface area contributed by atoms with Crippen LogP contribution in [0.5, 0.6) is 0 Å². The molecule has 19 heavy (non-hydrogen) atoms. The fourth-order valence-corrected chi connectivity index (χ4v) is 2.64. The summed E-state index contributed by atoms with van der Waals surface area (Å²) in [6.07, 6.45) is 4.04. The highest BCUT2D eigenvalue weighted by Gasteiger charge is 2.26. The van der Waals surface area contributed by atoms with Gasteiger partial charge in [0.25, 0.3) is 0 Å². The van der Waals surface area contributed by atoms with Gasteiger partial charge in [0, 0.05) is 24.9 Å². The van der Waals surface area contributed by atoms with E-state index in [1.165, 1.54) is 0 Å². The van der Waals surface area contributed by atoms with Gasteiger partial charge < -0.3 is 15.7 Å². The summed E-state index contributed by atoms with van der Waals surface area (Å²) < 4.78 is 0. The fraction of sp³-hybridized carbons (Fsp3) is 0.615. The minimum atomic E-state index is 0.233. The molecule has 5 nitrogen and oxygen atoms in total. The van der Waals surface area contributed by atoms with Crippen molar-refractivity contribution in [2.24, 2.45) is 5.73 Å². The topological polar surface area (TPSA) is 75.3 Å². The average Bonchev–Trinajstić information content (AvgIpc) is 2.83. The first kappa shape index (κ1) is 14.1. The molecule has 0 saturated carbocycles. The largest absolute Gasteiger partial charge is 0.396 e. The van der Waals surface area contributed by atoms with Crippen LogP contribution in [0.15, 0.2) is 6.07 Å². The van der Waals surface area contributed by atoms with E-state index in [9.17, 15) is 0 Å². The van der Waals surface area contributed by atoms with Gasteiger partial charge in [-0.25, -0.2) is 9.97 Å². The normalized spacial score (nSPS) is 18.8. The molecule has 0 amide bonds. The lowest BCUT2D eigenvalue weighted by atomic mass is 10.1. The predicted octanol–water partition coefficient (Wildman–Crippen LogP) is 1.16. The summed E-state index contributed by atoms with van der Waals surface area (Å²) in [7, 11) is 0. The quantitative estimate of drug-likeness (QED) is 0.788. The second-order valence-corrected chi connectivity index (χ2v) is 5.35. The van der Waals surface area contributed by atoms with Crippen molar-refractivity contribution in [1.29, 1.82) is 0 Å². The van der Waals surface area contributed by atoms with E-state index in [4.69, 9.17) is 23.1 Å². The Bertz CT molecular complexity index is 466. The van der Waals surface area contributed by atoms with E-state index in [1.807, 2.05) is 13.0 Å². The van der Waals surface area contributed by atoms with E-state index in [2.05, 4.69) is 14.9 Å². The van der Waals surface area contributed by atoms with Crippen LogP contribution in [-0.2, 0) is 0 Å². The second kappa shape index (κ2) is 6.25. The number of aryl methyl sites for hydroxylation is 1. The van der Waals surface area contributed by atoms with Gasteiger partial charge in [0.15, 0.2) is 0 Å². The van der Waals surface area contributed by atoms with E-state index in [0.29, 0.717) is 22.7 Å². The summed E-state index contributed by atoms with van der Waals surface area (Å²) in [4.78, 5) is 11.5. The van der Waals surface area contributed by atoms with Crippen molar-refractivity contribution in [2.45, 2.75) is 38.6 Å². The minimum Gasteiger partial charge on any atom is -0.396 e. The third kappa shape index (κ3) is 3.39. The van der Waals surface area contributed by atoms with Crippen LogP contribution < -0.4 is 10.6 Å². The standard InChI is InChI=1S/C13H20N4OS/c1-9-8-11(12(14)19)16-13(15-9)17-6-2-4-10(17)5-3-7-18/h8,10,18H,2-7H2,1H3,(H2,14,19). The van der Waals surface area contributed by atoms with E-state index in [0.717, 1.165) is 37.9 Å². The number of hydrogen-bond donors (Lipinski definition) is 2. The molecular weight excluding hydrogens is 260 g/mol. The summed E-state index contributed by atoms with van der Waals surface area (Å²) in [5, 5.41) is 8.96. The van der Waals surface area contributed by atoms with Crippen molar-refractivity contribution in [3.05, 3.63) is 17.5 Å². The monoisotopic (exact) mass is 280 g/mol. The van der Waals surface area contributed by atoms with Crippen LogP contribution in [0.4, 0.5) is 5.95 Å². The average molecular weight is 280 g/mol. The van der Waals surface area contributed by atoms with E-state index >= 15 is 0 Å². The van der Waals surface area contributed by atoms with Crippen LogP contribution in [0.1, 0.15) is 37.1 Å². The Morgan fingerprint density at radius 1 is 1.58 bits per heavy atom. The molecule has 104 valence electrons. The first-order valence-electron chi connectivity index (χ1n) is 6.65. The Hall–Kier alpha value is -1.27. The molecule has 3 N–H and O–H groups in total. The number of hydrogen-bond acceptors (Lipinski definition) is 5. The molecule has 0 spiro atoms. The lowest BCUT2D eigenvalue weighted by Gasteiger charge is -2.25. The van der Waals surface area contributed by atoms with Gasteiger partial charge in [-0.05, 0) is 38.7 Å². The maximum absolute atomic E-state index is 8.96. The Balaban J connectivity index is 2.22. The molecule has 1 aliphatic heterocycles. The summed E-state index contributed by atoms with van der Waals surface area (Å²) in [6, 6.07) is 2.22. The zero-order valence-electron chi connectivity index (χ0n) is 11.2. The van der Waals surface area contributed by atoms with Crippen molar-refractivity contribution >= 4 is 23.2 Å². The highest BCUT2D eigenvalue weighted by Crippen LogP contribution is 2.25. The fourth-order valence-electron chi connectivity index (χ4n) is 2.53. The number of aromatic nitrogens is 2. The van der Waals surface area contributed by atoms with Crippen LogP contribution >= 0.6 is 12.2 Å². The summed E-state index contributed by atoms with van der Waals surface area (Å²) in [6.45, 7) is 3.11. The molecule has 1 aliphatic rings. The lowest BCUT2D eigenvalue weighted by Crippen LogP contribution is -2.31. The molecule has 6 heteroatoms. The van der Waals surface area contributed by atoms with Gasteiger partial charge in [0.1, 0.15) is 10.7 Å². The molecule has 0 radical (unpaired) electrons. The Morgan fingerprint density at radius 2 is 2.37 bits per heavy atom. The number of anilines is 1. The number of aliphatic hydroxyl groups is 1. The minimum absolute atomic E-state index is 0.233. The molecule has 1 saturated heterocycles. The van der Waals surface area contributed by atoms with E-state index in [-0.39, 0.29) is 6.61 Å². The molecule has 1 unspecified atom stereocenters. The maximum Gasteiger partial charge on any atom is 0.226 e. The zero-order chi connectivity index (χ0) is 13.8. The molecule has 0 bridgehead atoms. The van der Waals surface area contributed by atoms with Gasteiger partial charge in [0.2, 0.25) is 5.95 Å². The van der Waals surface area contributed by atoms with Crippen LogP contribution in [-0.4, -0.2) is 39.3 Å². The molecule has 1 atom stereocenters. The number of nitrogens with zero attached hydrogens (tertiary/aromatic N) is 3. The molecule has 1 aromatic heterocycles. The summed E-state index contributed by atoms with van der Waals surface area (Å²) >= 11 is 4.99. The third-order valence-electron chi connectivity index (χ3n) is 3.42. The van der Waals surface area contributed by atoms with Crippen molar-refractivity contribution < 1.29 is 5.11 Å². The van der Waals surface area contributed by atoms with Gasteiger partial charge in [-0.1, -0.05) is 12.2 Å². The Morgan fingerprint density at radius 3 is 3.05 bits per heavy atom. The van der Waals surface area contributed by atoms with E-state index < -0.39 is 0 Å². The van der Waals surface area contributed by atoms with Crippen LogP contribution in [0, 0.1) is 6.92 Å². The Labute approximate surface area is 118 Å². The molecule has 0 aromatic carbocycles. The smallest absolute Gasteiger partial charge is 0.226 e. The van der Waals surface area contributed by atoms with Crippen molar-refractivity contribution in [3.63, 3.8) is 0 Å². The highest BCUT2D eigenvalue weighted by atomic mass is 32.1. The van der Waals surface area contributed by atoms with Gasteiger partial charge in [-0.15, -0.1) is 0 Å². The van der Waals surface area contributed by atoms with Gasteiger partial charge in [-0.3, -0.25) is 0 Å². The summed E-state index contributed by atoms with van der Waals surface area (Å²) in [5.41, 5.74) is 7.16. The van der Waals surface area contributed by atoms with Gasteiger partial charge in [-0.2, -0.15) is 0 Å². The molecule has 2 rings (SSSR count). The van der Waals surface area contributed by atoms with Crippen LogP contribution in [0.2, 0.25) is 0 Å². The zero-order valence-corrected chi connectivity index (χ0v) is 12.0. The van der Waals surface area contributed by atoms with E-state index in [1.54, 1.807) is 0 Å². The number of thiocarbonyl (C=S) groups is 1. The lowest BCUT2D eigenvalue weighted by molar-refractivity contribution is 0.279. The first-order valence-corrected chi connectivity index (χ1v) is 7.05. The molecular formula is C13H20N4OS. The molecule has 0 aliphatic carbocycles. The third-order valence-corrected chi connectivity index (χ3v) is 3.63. The number of nitrogens with two attached hydrogens (primary N) is 1. The molecule has 2 heterocycles. The predicted molar refractivity (Wildman–Crippen MR) is 79.3 cm³/mol. The maximum atomic E-state index is 8.96. The number of rotatable bonds is 5. The van der Waals surface area contributed by atoms with Gasteiger partial charge in [0.05, 0.1) is 0 Å². The van der Waals surface area contributed by atoms with Crippen LogP contribution in [0.3, 0.4) is 0 Å². The SMILES string of the molecule is Cc1cc(C(N)=S)nc(N2CCCC2CCCO)n1. The van der Waals surface area contributed by atoms with Crippen molar-refractivity contribution in [2.75, 3.05) is 18.1 Å². The first-order chi connectivity index (χ1) is 9.11.